The molecule has 0 unspecified atom stereocenters. The van der Waals surface area contributed by atoms with Crippen molar-refractivity contribution in [2.75, 3.05) is 11.9 Å². The summed E-state index contributed by atoms with van der Waals surface area (Å²) in [4.78, 5) is 7.54. The first-order valence-corrected chi connectivity index (χ1v) is 7.06. The third-order valence-corrected chi connectivity index (χ3v) is 3.81. The molecule has 102 valence electrons. The molecule has 0 atom stereocenters. The molecule has 0 aliphatic heterocycles. The fraction of sp³-hybridized carbons (Fsp3) is 0.214. The van der Waals surface area contributed by atoms with Crippen LogP contribution in [0.3, 0.4) is 0 Å². The first-order chi connectivity index (χ1) is 9.74. The highest BCUT2D eigenvalue weighted by molar-refractivity contribution is 7.05. The van der Waals surface area contributed by atoms with Crippen LogP contribution in [-0.4, -0.2) is 26.2 Å². The van der Waals surface area contributed by atoms with Gasteiger partial charge in [0.1, 0.15) is 5.82 Å². The molecule has 3 heterocycles. The van der Waals surface area contributed by atoms with E-state index in [9.17, 15) is 0 Å². The van der Waals surface area contributed by atoms with Gasteiger partial charge >= 0.3 is 0 Å². The molecule has 0 radical (unpaired) electrons. The van der Waals surface area contributed by atoms with Crippen molar-refractivity contribution in [1.29, 1.82) is 0 Å². The van der Waals surface area contributed by atoms with Crippen molar-refractivity contribution in [3.8, 4) is 11.3 Å². The molecular weight excluding hydrogens is 270 g/mol. The number of hydrogen-bond acceptors (Lipinski definition) is 5. The van der Waals surface area contributed by atoms with E-state index in [0.29, 0.717) is 0 Å². The van der Waals surface area contributed by atoms with Gasteiger partial charge in [-0.1, -0.05) is 0 Å². The summed E-state index contributed by atoms with van der Waals surface area (Å²) in [6.07, 6.45) is 5.43. The van der Waals surface area contributed by atoms with Crippen molar-refractivity contribution in [2.45, 2.75) is 6.54 Å². The fourth-order valence-electron chi connectivity index (χ4n) is 2.11. The molecule has 0 spiro atoms. The Kier molecular flexibility index (Phi) is 3.47. The molecule has 20 heavy (non-hydrogen) atoms. The zero-order valence-corrected chi connectivity index (χ0v) is 12.2. The van der Waals surface area contributed by atoms with Crippen molar-refractivity contribution in [1.82, 2.24) is 19.1 Å². The Balaban J connectivity index is 1.85. The Morgan fingerprint density at radius 2 is 2.20 bits per heavy atom. The number of rotatable bonds is 4. The van der Waals surface area contributed by atoms with Crippen molar-refractivity contribution < 1.29 is 0 Å². The molecule has 0 fully saturated rings. The summed E-state index contributed by atoms with van der Waals surface area (Å²) in [6, 6.07) is 8.06. The average Bonchev–Trinajstić information content (AvgIpc) is 3.09. The number of anilines is 1. The third-order valence-electron chi connectivity index (χ3n) is 3.09. The number of pyridine rings is 1. The van der Waals surface area contributed by atoms with E-state index in [1.54, 1.807) is 6.20 Å². The van der Waals surface area contributed by atoms with Gasteiger partial charge in [0.15, 0.2) is 0 Å². The van der Waals surface area contributed by atoms with Crippen LogP contribution in [0, 0.1) is 0 Å². The van der Waals surface area contributed by atoms with Crippen LogP contribution in [-0.2, 0) is 13.6 Å². The molecule has 0 bridgehead atoms. The first kappa shape index (κ1) is 12.8. The highest BCUT2D eigenvalue weighted by atomic mass is 32.1. The molecule has 0 aliphatic rings. The Morgan fingerprint density at radius 3 is 2.90 bits per heavy atom. The van der Waals surface area contributed by atoms with Crippen LogP contribution in [0.15, 0.2) is 42.9 Å². The lowest BCUT2D eigenvalue weighted by Gasteiger charge is -2.17. The minimum absolute atomic E-state index is 0.830. The molecular formula is C14H15N5S. The number of hydrogen-bond donors (Lipinski definition) is 0. The Morgan fingerprint density at radius 1 is 1.30 bits per heavy atom. The molecule has 3 aromatic heterocycles. The predicted octanol–water partition coefficient (Wildman–Crippen LogP) is 2.58. The van der Waals surface area contributed by atoms with Crippen LogP contribution in [0.5, 0.6) is 0 Å². The maximum absolute atomic E-state index is 4.55. The fourth-order valence-corrected chi connectivity index (χ4v) is 2.74. The maximum Gasteiger partial charge on any atom is 0.127 e. The summed E-state index contributed by atoms with van der Waals surface area (Å²) < 4.78 is 6.02. The Labute approximate surface area is 121 Å². The SMILES string of the molecule is CN(Cc1ccns1)c1cc(-c2cccnc2)nn1C. The van der Waals surface area contributed by atoms with E-state index in [4.69, 9.17) is 0 Å². The lowest BCUT2D eigenvalue weighted by molar-refractivity contribution is 0.738. The number of nitrogens with zero attached hydrogens (tertiary/aromatic N) is 5. The molecule has 0 aliphatic carbocycles. The quantitative estimate of drug-likeness (QED) is 0.739. The topological polar surface area (TPSA) is 46.8 Å². The van der Waals surface area contributed by atoms with E-state index in [-0.39, 0.29) is 0 Å². The van der Waals surface area contributed by atoms with Gasteiger partial charge in [0.2, 0.25) is 0 Å². The lowest BCUT2D eigenvalue weighted by Crippen LogP contribution is -2.18. The van der Waals surface area contributed by atoms with Gasteiger partial charge in [0.05, 0.1) is 12.2 Å². The summed E-state index contributed by atoms with van der Waals surface area (Å²) in [7, 11) is 4.02. The zero-order valence-electron chi connectivity index (χ0n) is 11.4. The molecule has 3 aromatic rings. The molecule has 0 amide bonds. The lowest BCUT2D eigenvalue weighted by atomic mass is 10.2. The van der Waals surface area contributed by atoms with Gasteiger partial charge in [-0.25, -0.2) is 4.37 Å². The predicted molar refractivity (Wildman–Crippen MR) is 80.7 cm³/mol. The summed E-state index contributed by atoms with van der Waals surface area (Å²) >= 11 is 1.52. The van der Waals surface area contributed by atoms with E-state index >= 15 is 0 Å². The molecule has 5 nitrogen and oxygen atoms in total. The van der Waals surface area contributed by atoms with E-state index in [2.05, 4.69) is 32.5 Å². The summed E-state index contributed by atoms with van der Waals surface area (Å²) in [6.45, 7) is 0.830. The summed E-state index contributed by atoms with van der Waals surface area (Å²) in [5, 5.41) is 4.55. The van der Waals surface area contributed by atoms with E-state index in [1.165, 1.54) is 16.4 Å². The second kappa shape index (κ2) is 5.42. The summed E-state index contributed by atoms with van der Waals surface area (Å²) in [5.41, 5.74) is 1.97. The van der Waals surface area contributed by atoms with E-state index < -0.39 is 0 Å². The number of aromatic nitrogens is 4. The standard InChI is InChI=1S/C14H15N5S/c1-18(10-12-5-7-16-20-12)14-8-13(17-19(14)2)11-4-3-6-15-9-11/h3-9H,10H2,1-2H3. The van der Waals surface area contributed by atoms with Gasteiger partial charge in [0.25, 0.3) is 0 Å². The minimum Gasteiger partial charge on any atom is -0.355 e. The maximum atomic E-state index is 4.55. The zero-order chi connectivity index (χ0) is 13.9. The van der Waals surface area contributed by atoms with Crippen LogP contribution >= 0.6 is 11.5 Å². The van der Waals surface area contributed by atoms with Gasteiger partial charge in [-0.15, -0.1) is 0 Å². The molecule has 3 rings (SSSR count). The van der Waals surface area contributed by atoms with Gasteiger partial charge in [-0.2, -0.15) is 5.10 Å². The third kappa shape index (κ3) is 2.55. The smallest absolute Gasteiger partial charge is 0.127 e. The van der Waals surface area contributed by atoms with Gasteiger partial charge < -0.3 is 4.90 Å². The van der Waals surface area contributed by atoms with Crippen LogP contribution in [0.2, 0.25) is 0 Å². The van der Waals surface area contributed by atoms with Gasteiger partial charge in [-0.3, -0.25) is 9.67 Å². The molecule has 0 aromatic carbocycles. The van der Waals surface area contributed by atoms with Gasteiger partial charge in [0, 0.05) is 49.2 Å². The highest BCUT2D eigenvalue weighted by Gasteiger charge is 2.11. The van der Waals surface area contributed by atoms with E-state index in [1.807, 2.05) is 42.3 Å². The van der Waals surface area contributed by atoms with Crippen LogP contribution < -0.4 is 4.90 Å². The minimum atomic E-state index is 0.830. The summed E-state index contributed by atoms with van der Waals surface area (Å²) in [5.74, 6) is 1.07. The van der Waals surface area contributed by atoms with Crippen molar-refractivity contribution >= 4 is 17.4 Å². The second-order valence-corrected chi connectivity index (χ2v) is 5.51. The van der Waals surface area contributed by atoms with Crippen molar-refractivity contribution in [3.63, 3.8) is 0 Å². The van der Waals surface area contributed by atoms with Gasteiger partial charge in [-0.05, 0) is 29.7 Å². The van der Waals surface area contributed by atoms with Crippen LogP contribution in [0.1, 0.15) is 4.88 Å². The Bertz CT molecular complexity index is 675. The van der Waals surface area contributed by atoms with Crippen LogP contribution in [0.4, 0.5) is 5.82 Å². The molecule has 0 N–H and O–H groups in total. The highest BCUT2D eigenvalue weighted by Crippen LogP contribution is 2.23. The largest absolute Gasteiger partial charge is 0.355 e. The van der Waals surface area contributed by atoms with Crippen LogP contribution in [0.25, 0.3) is 11.3 Å². The first-order valence-electron chi connectivity index (χ1n) is 6.29. The Hall–Kier alpha value is -2.21. The molecule has 0 saturated heterocycles. The van der Waals surface area contributed by atoms with E-state index in [0.717, 1.165) is 23.6 Å². The molecule has 0 saturated carbocycles. The van der Waals surface area contributed by atoms with Crippen molar-refractivity contribution in [3.05, 3.63) is 47.7 Å². The van der Waals surface area contributed by atoms with Crippen molar-refractivity contribution in [2.24, 2.45) is 7.05 Å². The number of aryl methyl sites for hydroxylation is 1. The monoisotopic (exact) mass is 285 g/mol. The second-order valence-electron chi connectivity index (χ2n) is 4.59. The average molecular weight is 285 g/mol. The molecule has 6 heteroatoms. The normalized spacial score (nSPS) is 10.7.